The summed E-state index contributed by atoms with van der Waals surface area (Å²) in [6.07, 6.45) is 1.93. The maximum Gasteiger partial charge on any atom is 0.240 e. The predicted octanol–water partition coefficient (Wildman–Crippen LogP) is 1.32. The molecule has 1 rings (SSSR count). The Morgan fingerprint density at radius 2 is 2.00 bits per heavy atom. The first-order valence-corrected chi connectivity index (χ1v) is 6.97. The van der Waals surface area contributed by atoms with Crippen molar-refractivity contribution < 1.29 is 4.79 Å². The van der Waals surface area contributed by atoms with E-state index in [-0.39, 0.29) is 17.5 Å². The number of carbonyl (C=O) groups is 1. The average molecular weight is 255 g/mol. The third-order valence-electron chi connectivity index (χ3n) is 3.79. The fraction of sp³-hybridized carbons (Fsp3) is 0.929. The van der Waals surface area contributed by atoms with Gasteiger partial charge in [0.05, 0.1) is 6.04 Å². The highest BCUT2D eigenvalue weighted by atomic mass is 16.2. The van der Waals surface area contributed by atoms with Gasteiger partial charge < -0.3 is 10.2 Å². The molecule has 0 aliphatic carbocycles. The fourth-order valence-corrected chi connectivity index (χ4v) is 2.86. The molecule has 0 radical (unpaired) electrons. The minimum absolute atomic E-state index is 0.0154. The van der Waals surface area contributed by atoms with E-state index in [0.29, 0.717) is 6.04 Å². The highest BCUT2D eigenvalue weighted by molar-refractivity contribution is 5.83. The number of likely N-dealkylation sites (N-methyl/N-ethyl adjacent to an activating group) is 1. The Morgan fingerprint density at radius 3 is 2.50 bits per heavy atom. The summed E-state index contributed by atoms with van der Waals surface area (Å²) in [6, 6.07) is 0.334. The van der Waals surface area contributed by atoms with E-state index in [4.69, 9.17) is 0 Å². The molecular formula is C14H29N3O. The van der Waals surface area contributed by atoms with Crippen molar-refractivity contribution in [2.75, 3.05) is 27.2 Å². The molecule has 1 saturated heterocycles. The molecular weight excluding hydrogens is 226 g/mol. The van der Waals surface area contributed by atoms with Crippen molar-refractivity contribution in [2.24, 2.45) is 0 Å². The van der Waals surface area contributed by atoms with Crippen LogP contribution in [0.15, 0.2) is 0 Å². The molecule has 1 heterocycles. The number of hydrogen-bond donors (Lipinski definition) is 1. The maximum absolute atomic E-state index is 12.8. The van der Waals surface area contributed by atoms with E-state index >= 15 is 0 Å². The van der Waals surface area contributed by atoms with Crippen molar-refractivity contribution in [2.45, 2.75) is 58.2 Å². The molecule has 0 aromatic carbocycles. The van der Waals surface area contributed by atoms with Crippen LogP contribution in [0.4, 0.5) is 0 Å². The lowest BCUT2D eigenvalue weighted by atomic mass is 10.0. The normalized spacial score (nSPS) is 27.4. The monoisotopic (exact) mass is 255 g/mol. The molecule has 4 nitrogen and oxygen atoms in total. The Hall–Kier alpha value is -0.610. The molecule has 1 N–H and O–H groups in total. The maximum atomic E-state index is 12.8. The number of amides is 1. The van der Waals surface area contributed by atoms with E-state index in [1.807, 2.05) is 7.05 Å². The number of hydrogen-bond acceptors (Lipinski definition) is 3. The smallest absolute Gasteiger partial charge is 0.240 e. The van der Waals surface area contributed by atoms with Gasteiger partial charge in [-0.05, 0) is 61.2 Å². The van der Waals surface area contributed by atoms with Crippen LogP contribution in [-0.4, -0.2) is 60.5 Å². The fourth-order valence-electron chi connectivity index (χ4n) is 2.86. The van der Waals surface area contributed by atoms with Gasteiger partial charge in [-0.2, -0.15) is 0 Å². The number of carbonyl (C=O) groups excluding carboxylic acids is 1. The van der Waals surface area contributed by atoms with Crippen LogP contribution >= 0.6 is 0 Å². The van der Waals surface area contributed by atoms with Gasteiger partial charge in [-0.25, -0.2) is 0 Å². The Balaban J connectivity index is 2.93. The summed E-state index contributed by atoms with van der Waals surface area (Å²) >= 11 is 0. The highest BCUT2D eigenvalue weighted by Crippen LogP contribution is 2.25. The van der Waals surface area contributed by atoms with E-state index < -0.39 is 0 Å². The van der Waals surface area contributed by atoms with Crippen LogP contribution in [0.3, 0.4) is 0 Å². The lowest BCUT2D eigenvalue weighted by Crippen LogP contribution is -2.54. The van der Waals surface area contributed by atoms with Crippen LogP contribution in [0.1, 0.15) is 40.5 Å². The van der Waals surface area contributed by atoms with Gasteiger partial charge in [0.1, 0.15) is 0 Å². The summed E-state index contributed by atoms with van der Waals surface area (Å²) in [6.45, 7) is 10.4. The van der Waals surface area contributed by atoms with E-state index in [9.17, 15) is 4.79 Å². The second-order valence-corrected chi connectivity index (χ2v) is 6.41. The van der Waals surface area contributed by atoms with Crippen LogP contribution in [0, 0.1) is 0 Å². The van der Waals surface area contributed by atoms with Crippen LogP contribution in [0.25, 0.3) is 0 Å². The first-order chi connectivity index (χ1) is 8.29. The molecule has 0 aromatic rings. The minimum atomic E-state index is -0.0976. The van der Waals surface area contributed by atoms with Gasteiger partial charge >= 0.3 is 0 Å². The van der Waals surface area contributed by atoms with Crippen molar-refractivity contribution in [3.8, 4) is 0 Å². The summed E-state index contributed by atoms with van der Waals surface area (Å²) in [5.74, 6) is 0.283. The lowest BCUT2D eigenvalue weighted by Gasteiger charge is -2.41. The molecule has 18 heavy (non-hydrogen) atoms. The summed E-state index contributed by atoms with van der Waals surface area (Å²) in [5, 5.41) is 3.14. The average Bonchev–Trinajstić information content (AvgIpc) is 2.34. The van der Waals surface area contributed by atoms with E-state index in [2.05, 4.69) is 49.9 Å². The number of nitrogens with zero attached hydrogens (tertiary/aromatic N) is 2. The molecule has 0 spiro atoms. The third kappa shape index (κ3) is 3.45. The molecule has 4 heteroatoms. The van der Waals surface area contributed by atoms with E-state index in [0.717, 1.165) is 25.9 Å². The molecule has 1 aliphatic heterocycles. The first-order valence-electron chi connectivity index (χ1n) is 6.97. The van der Waals surface area contributed by atoms with Crippen molar-refractivity contribution in [3.63, 3.8) is 0 Å². The molecule has 0 saturated carbocycles. The second-order valence-electron chi connectivity index (χ2n) is 6.41. The quantitative estimate of drug-likeness (QED) is 0.826. The van der Waals surface area contributed by atoms with Crippen molar-refractivity contribution in [3.05, 3.63) is 0 Å². The molecule has 1 fully saturated rings. The van der Waals surface area contributed by atoms with Crippen molar-refractivity contribution in [1.82, 2.24) is 15.1 Å². The predicted molar refractivity (Wildman–Crippen MR) is 75.6 cm³/mol. The Morgan fingerprint density at radius 1 is 1.39 bits per heavy atom. The van der Waals surface area contributed by atoms with Crippen molar-refractivity contribution >= 4 is 5.91 Å². The summed E-state index contributed by atoms with van der Waals surface area (Å²) in [5.41, 5.74) is -0.0976. The van der Waals surface area contributed by atoms with E-state index in [1.165, 1.54) is 0 Å². The zero-order chi connectivity index (χ0) is 13.9. The molecule has 0 bridgehead atoms. The largest absolute Gasteiger partial charge is 0.334 e. The van der Waals surface area contributed by atoms with E-state index in [1.54, 1.807) is 0 Å². The van der Waals surface area contributed by atoms with Crippen LogP contribution in [0.2, 0.25) is 0 Å². The SMILES string of the molecule is CNCCC1C(=O)N(C(C)(C)C)C(C)CCN1C. The Kier molecular flexibility index (Phi) is 5.17. The molecule has 0 aromatic heterocycles. The van der Waals surface area contributed by atoms with Gasteiger partial charge in [0, 0.05) is 18.1 Å². The van der Waals surface area contributed by atoms with Crippen molar-refractivity contribution in [1.29, 1.82) is 0 Å². The second kappa shape index (κ2) is 6.02. The third-order valence-corrected chi connectivity index (χ3v) is 3.79. The standard InChI is InChI=1S/C14H29N3O/c1-11-8-10-16(6)12(7-9-15-5)13(18)17(11)14(2,3)4/h11-12,15H,7-10H2,1-6H3. The number of rotatable bonds is 3. The highest BCUT2D eigenvalue weighted by Gasteiger charge is 2.38. The minimum Gasteiger partial charge on any atom is -0.334 e. The molecule has 2 unspecified atom stereocenters. The first kappa shape index (κ1) is 15.4. The Labute approximate surface area is 112 Å². The summed E-state index contributed by atoms with van der Waals surface area (Å²) < 4.78 is 0. The van der Waals surface area contributed by atoms with Crippen LogP contribution in [-0.2, 0) is 4.79 Å². The lowest BCUT2D eigenvalue weighted by molar-refractivity contribution is -0.142. The molecule has 106 valence electrons. The van der Waals surface area contributed by atoms with Gasteiger partial charge in [-0.1, -0.05) is 0 Å². The van der Waals surface area contributed by atoms with Crippen LogP contribution in [0.5, 0.6) is 0 Å². The zero-order valence-corrected chi connectivity index (χ0v) is 12.8. The van der Waals surface area contributed by atoms with Gasteiger partial charge in [-0.3, -0.25) is 9.69 Å². The van der Waals surface area contributed by atoms with Gasteiger partial charge in [-0.15, -0.1) is 0 Å². The van der Waals surface area contributed by atoms with Crippen LogP contribution < -0.4 is 5.32 Å². The molecule has 1 aliphatic rings. The molecule has 2 atom stereocenters. The van der Waals surface area contributed by atoms with Gasteiger partial charge in [0.15, 0.2) is 0 Å². The summed E-state index contributed by atoms with van der Waals surface area (Å²) in [7, 11) is 4.00. The summed E-state index contributed by atoms with van der Waals surface area (Å²) in [4.78, 5) is 17.1. The topological polar surface area (TPSA) is 35.6 Å². The Bertz CT molecular complexity index is 285. The van der Waals surface area contributed by atoms with Gasteiger partial charge in [0.2, 0.25) is 5.91 Å². The number of nitrogens with one attached hydrogen (secondary N) is 1. The zero-order valence-electron chi connectivity index (χ0n) is 12.8. The molecule has 1 amide bonds. The van der Waals surface area contributed by atoms with Gasteiger partial charge in [0.25, 0.3) is 0 Å².